The summed E-state index contributed by atoms with van der Waals surface area (Å²) in [4.78, 5) is 51.6. The molecule has 0 aromatic rings. The Hall–Kier alpha value is -1.96. The number of carbonyl (C=O) groups excluding carboxylic acids is 4. The van der Waals surface area contributed by atoms with E-state index >= 15 is 0 Å². The number of hydrogen-bond donors (Lipinski definition) is 2. The van der Waals surface area contributed by atoms with Crippen LogP contribution in [0.4, 0.5) is 0 Å². The van der Waals surface area contributed by atoms with Crippen LogP contribution in [0, 0.1) is 5.92 Å². The molecule has 4 atom stereocenters. The zero-order valence-corrected chi connectivity index (χ0v) is 15.6. The van der Waals surface area contributed by atoms with Gasteiger partial charge < -0.3 is 25.6 Å². The van der Waals surface area contributed by atoms with Crippen molar-refractivity contribution in [3.63, 3.8) is 0 Å². The number of likely N-dealkylation sites (tertiary alicyclic amines) is 2. The minimum atomic E-state index is -0.612. The van der Waals surface area contributed by atoms with E-state index in [9.17, 15) is 19.2 Å². The van der Waals surface area contributed by atoms with Gasteiger partial charge in [-0.25, -0.2) is 0 Å². The van der Waals surface area contributed by atoms with Crippen LogP contribution < -0.4 is 11.1 Å². The second-order valence-corrected chi connectivity index (χ2v) is 7.20. The molecule has 8 nitrogen and oxygen atoms in total. The van der Waals surface area contributed by atoms with Gasteiger partial charge in [-0.3, -0.25) is 14.4 Å². The first-order valence-corrected chi connectivity index (χ1v) is 9.50. The Morgan fingerprint density at radius 2 is 1.77 bits per heavy atom. The predicted octanol–water partition coefficient (Wildman–Crippen LogP) is -0.343. The Bertz CT molecular complexity index is 553. The van der Waals surface area contributed by atoms with Gasteiger partial charge in [0.2, 0.25) is 17.7 Å². The van der Waals surface area contributed by atoms with E-state index in [1.807, 2.05) is 13.8 Å². The molecular formula is C18H30N4O4. The average Bonchev–Trinajstić information content (AvgIpc) is 3.32. The number of nitrogens with one attached hydrogen (secondary N) is 1. The topological polar surface area (TPSA) is 113 Å². The first-order chi connectivity index (χ1) is 12.4. The molecule has 0 aromatic heterocycles. The van der Waals surface area contributed by atoms with Crippen LogP contribution in [0.5, 0.6) is 0 Å². The van der Waals surface area contributed by atoms with Gasteiger partial charge in [-0.05, 0) is 31.6 Å². The Morgan fingerprint density at radius 3 is 2.38 bits per heavy atom. The molecule has 2 heterocycles. The summed E-state index contributed by atoms with van der Waals surface area (Å²) < 4.78 is 0. The second kappa shape index (κ2) is 9.12. The lowest BCUT2D eigenvalue weighted by atomic mass is 9.98. The van der Waals surface area contributed by atoms with Crippen LogP contribution >= 0.6 is 0 Å². The lowest BCUT2D eigenvalue weighted by molar-refractivity contribution is -0.147. The summed E-state index contributed by atoms with van der Waals surface area (Å²) in [5.74, 6) is -0.630. The highest BCUT2D eigenvalue weighted by molar-refractivity contribution is 5.94. The van der Waals surface area contributed by atoms with E-state index in [2.05, 4.69) is 5.32 Å². The fourth-order valence-corrected chi connectivity index (χ4v) is 3.73. The molecule has 0 radical (unpaired) electrons. The van der Waals surface area contributed by atoms with Crippen molar-refractivity contribution in [3.05, 3.63) is 0 Å². The molecule has 0 spiro atoms. The van der Waals surface area contributed by atoms with Gasteiger partial charge in [0.05, 0.1) is 12.6 Å². The normalized spacial score (nSPS) is 25.0. The highest BCUT2D eigenvalue weighted by Gasteiger charge is 2.43. The second-order valence-electron chi connectivity index (χ2n) is 7.20. The van der Waals surface area contributed by atoms with E-state index in [1.54, 1.807) is 9.80 Å². The van der Waals surface area contributed by atoms with Gasteiger partial charge in [-0.1, -0.05) is 20.3 Å². The highest BCUT2D eigenvalue weighted by Crippen LogP contribution is 2.26. The smallest absolute Gasteiger partial charge is 0.246 e. The van der Waals surface area contributed by atoms with Gasteiger partial charge in [0.15, 0.2) is 0 Å². The first-order valence-electron chi connectivity index (χ1n) is 9.50. The zero-order valence-electron chi connectivity index (χ0n) is 15.6. The van der Waals surface area contributed by atoms with Crippen molar-refractivity contribution in [3.8, 4) is 0 Å². The van der Waals surface area contributed by atoms with Crippen LogP contribution in [-0.4, -0.2) is 71.6 Å². The Balaban J connectivity index is 2.08. The minimum Gasteiger partial charge on any atom is -0.348 e. The van der Waals surface area contributed by atoms with E-state index in [-0.39, 0.29) is 30.2 Å². The summed E-state index contributed by atoms with van der Waals surface area (Å²) in [5, 5.41) is 2.52. The number of amides is 3. The molecule has 0 unspecified atom stereocenters. The van der Waals surface area contributed by atoms with Crippen LogP contribution in [0.2, 0.25) is 0 Å². The highest BCUT2D eigenvalue weighted by atomic mass is 16.2. The van der Waals surface area contributed by atoms with Crippen molar-refractivity contribution in [1.29, 1.82) is 0 Å². The molecule has 146 valence electrons. The lowest BCUT2D eigenvalue weighted by Gasteiger charge is -2.33. The van der Waals surface area contributed by atoms with Crippen molar-refractivity contribution in [2.24, 2.45) is 11.7 Å². The van der Waals surface area contributed by atoms with Crippen LogP contribution in [0.1, 0.15) is 46.0 Å². The van der Waals surface area contributed by atoms with Gasteiger partial charge in [-0.15, -0.1) is 0 Å². The summed E-state index contributed by atoms with van der Waals surface area (Å²) >= 11 is 0. The van der Waals surface area contributed by atoms with Gasteiger partial charge >= 0.3 is 0 Å². The van der Waals surface area contributed by atoms with E-state index in [0.29, 0.717) is 32.2 Å². The molecule has 2 aliphatic rings. The standard InChI is InChI=1S/C18H30N4O4/c1-3-12(2)15(19)18(26)22-10-5-7-14(22)17(25)21-9-4-6-13(21)16(24)20-8-11-23/h11-15H,3-10,19H2,1-2H3,(H,20,24)/t12-,13-,14-,15-/m0/s1. The molecular weight excluding hydrogens is 336 g/mol. The lowest BCUT2D eigenvalue weighted by Crippen LogP contribution is -2.56. The molecule has 8 heteroatoms. The third-order valence-corrected chi connectivity index (χ3v) is 5.56. The molecule has 0 bridgehead atoms. The summed E-state index contributed by atoms with van der Waals surface area (Å²) in [5.41, 5.74) is 6.08. The van der Waals surface area contributed by atoms with Crippen molar-refractivity contribution in [1.82, 2.24) is 15.1 Å². The monoisotopic (exact) mass is 366 g/mol. The molecule has 0 aromatic carbocycles. The average molecular weight is 366 g/mol. The molecule has 0 saturated carbocycles. The summed E-state index contributed by atoms with van der Waals surface area (Å²) in [7, 11) is 0. The maximum absolute atomic E-state index is 13.1. The largest absolute Gasteiger partial charge is 0.348 e. The first kappa shape index (κ1) is 20.4. The third kappa shape index (κ3) is 4.23. The van der Waals surface area contributed by atoms with Crippen LogP contribution in [-0.2, 0) is 19.2 Å². The molecule has 2 aliphatic heterocycles. The zero-order chi connectivity index (χ0) is 19.3. The summed E-state index contributed by atoms with van der Waals surface area (Å²) in [6, 6.07) is -1.72. The minimum absolute atomic E-state index is 0.0486. The number of carbonyl (C=O) groups is 4. The van der Waals surface area contributed by atoms with Crippen LogP contribution in [0.15, 0.2) is 0 Å². The van der Waals surface area contributed by atoms with Gasteiger partial charge in [-0.2, -0.15) is 0 Å². The van der Waals surface area contributed by atoms with Crippen molar-refractivity contribution in [2.75, 3.05) is 19.6 Å². The fraction of sp³-hybridized carbons (Fsp3) is 0.778. The van der Waals surface area contributed by atoms with Crippen molar-refractivity contribution < 1.29 is 19.2 Å². The molecule has 3 N–H and O–H groups in total. The van der Waals surface area contributed by atoms with Crippen molar-refractivity contribution >= 4 is 24.0 Å². The number of hydrogen-bond acceptors (Lipinski definition) is 5. The molecule has 26 heavy (non-hydrogen) atoms. The van der Waals surface area contributed by atoms with Gasteiger partial charge in [0.1, 0.15) is 18.4 Å². The molecule has 0 aliphatic carbocycles. The quantitative estimate of drug-likeness (QED) is 0.599. The SMILES string of the molecule is CC[C@H](C)[C@H](N)C(=O)N1CCC[C@H]1C(=O)N1CCC[C@H]1C(=O)NCC=O. The van der Waals surface area contributed by atoms with Crippen LogP contribution in [0.3, 0.4) is 0 Å². The molecule has 3 amide bonds. The number of aldehydes is 1. The molecule has 2 fully saturated rings. The fourth-order valence-electron chi connectivity index (χ4n) is 3.73. The van der Waals surface area contributed by atoms with E-state index in [0.717, 1.165) is 19.3 Å². The van der Waals surface area contributed by atoms with Gasteiger partial charge in [0, 0.05) is 13.1 Å². The maximum atomic E-state index is 13.1. The van der Waals surface area contributed by atoms with E-state index < -0.39 is 18.1 Å². The van der Waals surface area contributed by atoms with E-state index in [1.165, 1.54) is 0 Å². The number of nitrogens with zero attached hydrogens (tertiary/aromatic N) is 2. The number of rotatable bonds is 7. The Morgan fingerprint density at radius 1 is 1.15 bits per heavy atom. The Labute approximate surface area is 154 Å². The van der Waals surface area contributed by atoms with Crippen LogP contribution in [0.25, 0.3) is 0 Å². The van der Waals surface area contributed by atoms with E-state index in [4.69, 9.17) is 5.73 Å². The molecule has 2 saturated heterocycles. The third-order valence-electron chi connectivity index (χ3n) is 5.56. The summed E-state index contributed by atoms with van der Waals surface area (Å²) in [6.07, 6.45) is 4.07. The van der Waals surface area contributed by atoms with Crippen molar-refractivity contribution in [2.45, 2.75) is 64.1 Å². The predicted molar refractivity (Wildman–Crippen MR) is 96.0 cm³/mol. The number of nitrogens with two attached hydrogens (primary N) is 1. The van der Waals surface area contributed by atoms with Gasteiger partial charge in [0.25, 0.3) is 0 Å². The summed E-state index contributed by atoms with van der Waals surface area (Å²) in [6.45, 7) is 4.87. The Kier molecular flexibility index (Phi) is 7.14. The maximum Gasteiger partial charge on any atom is 0.246 e. The molecule has 2 rings (SSSR count).